The number of carbonyl (C=O) groups is 3. The molecule has 3 amide bonds. The van der Waals surface area contributed by atoms with Crippen LogP contribution in [0.15, 0.2) is 18.2 Å². The van der Waals surface area contributed by atoms with Crippen LogP contribution >= 0.6 is 0 Å². The van der Waals surface area contributed by atoms with Crippen molar-refractivity contribution in [3.8, 4) is 5.75 Å². The summed E-state index contributed by atoms with van der Waals surface area (Å²) in [5.41, 5.74) is -1.37. The molecule has 1 heterocycles. The SMILES string of the molecule is CCOc1ccc(C(=O)N2CCCCC2)cc1NC(=O)NCC(C)(O)C(=O)O. The third-order valence-electron chi connectivity index (χ3n) is 4.47. The number of benzene rings is 1. The van der Waals surface area contributed by atoms with E-state index < -0.39 is 24.1 Å². The van der Waals surface area contributed by atoms with Gasteiger partial charge in [-0.1, -0.05) is 0 Å². The second-order valence-electron chi connectivity index (χ2n) is 6.88. The van der Waals surface area contributed by atoms with Gasteiger partial charge in [-0.05, 0) is 51.3 Å². The second kappa shape index (κ2) is 9.41. The smallest absolute Gasteiger partial charge is 0.337 e. The van der Waals surface area contributed by atoms with Crippen LogP contribution in [0.5, 0.6) is 5.75 Å². The summed E-state index contributed by atoms with van der Waals surface area (Å²) in [5.74, 6) is -1.17. The Bertz CT molecular complexity index is 728. The molecule has 0 radical (unpaired) electrons. The summed E-state index contributed by atoms with van der Waals surface area (Å²) in [5, 5.41) is 23.4. The van der Waals surface area contributed by atoms with Crippen molar-refractivity contribution in [2.24, 2.45) is 0 Å². The van der Waals surface area contributed by atoms with Gasteiger partial charge in [0.05, 0.1) is 18.8 Å². The highest BCUT2D eigenvalue weighted by Crippen LogP contribution is 2.27. The lowest BCUT2D eigenvalue weighted by Gasteiger charge is -2.27. The zero-order valence-corrected chi connectivity index (χ0v) is 16.2. The molecule has 9 nitrogen and oxygen atoms in total. The molecule has 1 unspecified atom stereocenters. The van der Waals surface area contributed by atoms with Gasteiger partial charge in [0, 0.05) is 18.7 Å². The molecular weight excluding hydrogens is 366 g/mol. The first-order valence-electron chi connectivity index (χ1n) is 9.31. The first-order chi connectivity index (χ1) is 13.2. The Morgan fingerprint density at radius 1 is 1.21 bits per heavy atom. The highest BCUT2D eigenvalue weighted by atomic mass is 16.5. The van der Waals surface area contributed by atoms with Crippen molar-refractivity contribution >= 4 is 23.6 Å². The number of piperidine rings is 1. The summed E-state index contributed by atoms with van der Waals surface area (Å²) in [6.45, 7) is 4.17. The molecule has 0 saturated carbocycles. The minimum atomic E-state index is -2.09. The fraction of sp³-hybridized carbons (Fsp3) is 0.526. The number of nitrogens with one attached hydrogen (secondary N) is 2. The highest BCUT2D eigenvalue weighted by Gasteiger charge is 2.30. The van der Waals surface area contributed by atoms with Gasteiger partial charge >= 0.3 is 12.0 Å². The fourth-order valence-electron chi connectivity index (χ4n) is 2.82. The maximum Gasteiger partial charge on any atom is 0.337 e. The van der Waals surface area contributed by atoms with Crippen LogP contribution in [0.2, 0.25) is 0 Å². The number of ether oxygens (including phenoxy) is 1. The normalized spacial score (nSPS) is 16.0. The van der Waals surface area contributed by atoms with Gasteiger partial charge < -0.3 is 30.5 Å². The first kappa shape index (κ1) is 21.5. The molecular formula is C19H27N3O6. The Morgan fingerprint density at radius 2 is 1.89 bits per heavy atom. The molecule has 154 valence electrons. The summed E-state index contributed by atoms with van der Waals surface area (Å²) in [6.07, 6.45) is 3.06. The van der Waals surface area contributed by atoms with Crippen LogP contribution in [0.25, 0.3) is 0 Å². The number of rotatable bonds is 7. The number of carbonyl (C=O) groups excluding carboxylic acids is 2. The number of anilines is 1. The maximum absolute atomic E-state index is 12.7. The molecule has 4 N–H and O–H groups in total. The summed E-state index contributed by atoms with van der Waals surface area (Å²) < 4.78 is 5.49. The van der Waals surface area contributed by atoms with Gasteiger partial charge in [0.1, 0.15) is 5.75 Å². The number of carboxylic acid groups (broad SMARTS) is 1. The van der Waals surface area contributed by atoms with Gasteiger partial charge in [0.25, 0.3) is 5.91 Å². The number of nitrogens with zero attached hydrogens (tertiary/aromatic N) is 1. The Balaban J connectivity index is 2.12. The molecule has 0 aromatic heterocycles. The molecule has 1 fully saturated rings. The molecule has 1 atom stereocenters. The van der Waals surface area contributed by atoms with Crippen LogP contribution in [0, 0.1) is 0 Å². The lowest BCUT2D eigenvalue weighted by Crippen LogP contribution is -2.47. The first-order valence-corrected chi connectivity index (χ1v) is 9.31. The molecule has 9 heteroatoms. The van der Waals surface area contributed by atoms with E-state index in [1.54, 1.807) is 24.0 Å². The lowest BCUT2D eigenvalue weighted by atomic mass is 10.1. The number of likely N-dealkylation sites (tertiary alicyclic amines) is 1. The predicted molar refractivity (Wildman–Crippen MR) is 103 cm³/mol. The van der Waals surface area contributed by atoms with Crippen molar-refractivity contribution < 1.29 is 29.3 Å². The average molecular weight is 393 g/mol. The maximum atomic E-state index is 12.7. The molecule has 1 saturated heterocycles. The van der Waals surface area contributed by atoms with Crippen molar-refractivity contribution in [1.29, 1.82) is 0 Å². The van der Waals surface area contributed by atoms with Gasteiger partial charge in [0.15, 0.2) is 5.60 Å². The molecule has 0 aliphatic carbocycles. The van der Waals surface area contributed by atoms with Crippen LogP contribution in [0.3, 0.4) is 0 Å². The van der Waals surface area contributed by atoms with E-state index in [-0.39, 0.29) is 11.6 Å². The largest absolute Gasteiger partial charge is 0.492 e. The summed E-state index contributed by atoms with van der Waals surface area (Å²) in [4.78, 5) is 37.5. The number of amides is 3. The number of carboxylic acids is 1. The van der Waals surface area contributed by atoms with Gasteiger partial charge in [0.2, 0.25) is 0 Å². The van der Waals surface area contributed by atoms with Crippen LogP contribution in [-0.2, 0) is 4.79 Å². The molecule has 0 bridgehead atoms. The van der Waals surface area contributed by atoms with Crippen molar-refractivity contribution in [1.82, 2.24) is 10.2 Å². The molecule has 2 rings (SSSR count). The standard InChI is InChI=1S/C19H27N3O6/c1-3-28-15-8-7-13(16(23)22-9-5-4-6-10-22)11-14(15)21-18(26)20-12-19(2,27)17(24)25/h7-8,11,27H,3-6,9-10,12H2,1-2H3,(H,24,25)(H2,20,21,26). The van der Waals surface area contributed by atoms with Crippen molar-refractivity contribution in [2.75, 3.05) is 31.6 Å². The summed E-state index contributed by atoms with van der Waals surface area (Å²) in [6, 6.07) is 4.09. The van der Waals surface area contributed by atoms with E-state index in [9.17, 15) is 19.5 Å². The van der Waals surface area contributed by atoms with Crippen LogP contribution in [-0.4, -0.2) is 64.9 Å². The summed E-state index contributed by atoms with van der Waals surface area (Å²) >= 11 is 0. The topological polar surface area (TPSA) is 128 Å². The zero-order valence-electron chi connectivity index (χ0n) is 16.2. The second-order valence-corrected chi connectivity index (χ2v) is 6.88. The molecule has 1 aliphatic heterocycles. The Hall–Kier alpha value is -2.81. The zero-order chi connectivity index (χ0) is 20.7. The average Bonchev–Trinajstić information content (AvgIpc) is 2.68. The van der Waals surface area contributed by atoms with Crippen molar-refractivity contribution in [2.45, 2.75) is 38.7 Å². The number of aliphatic carboxylic acids is 1. The monoisotopic (exact) mass is 393 g/mol. The Kier molecular flexibility index (Phi) is 7.22. The van der Waals surface area contributed by atoms with E-state index in [0.29, 0.717) is 31.0 Å². The predicted octanol–water partition coefficient (Wildman–Crippen LogP) is 1.67. The minimum absolute atomic E-state index is 0.111. The molecule has 1 aromatic carbocycles. The molecule has 1 aromatic rings. The van der Waals surface area contributed by atoms with Crippen molar-refractivity contribution in [3.63, 3.8) is 0 Å². The van der Waals surface area contributed by atoms with E-state index in [1.165, 1.54) is 6.07 Å². The number of aliphatic hydroxyl groups is 1. The highest BCUT2D eigenvalue weighted by molar-refractivity contribution is 5.98. The van der Waals surface area contributed by atoms with Gasteiger partial charge in [-0.2, -0.15) is 0 Å². The third-order valence-corrected chi connectivity index (χ3v) is 4.47. The van der Waals surface area contributed by atoms with Crippen LogP contribution < -0.4 is 15.4 Å². The third kappa shape index (κ3) is 5.59. The van der Waals surface area contributed by atoms with E-state index in [4.69, 9.17) is 9.84 Å². The fourth-order valence-corrected chi connectivity index (χ4v) is 2.82. The van der Waals surface area contributed by atoms with Crippen LogP contribution in [0.1, 0.15) is 43.5 Å². The van der Waals surface area contributed by atoms with Gasteiger partial charge in [-0.3, -0.25) is 4.79 Å². The summed E-state index contributed by atoms with van der Waals surface area (Å²) in [7, 11) is 0. The van der Waals surface area contributed by atoms with E-state index in [1.807, 2.05) is 0 Å². The number of hydrogen-bond donors (Lipinski definition) is 4. The van der Waals surface area contributed by atoms with Gasteiger partial charge in [-0.25, -0.2) is 9.59 Å². The quantitative estimate of drug-likeness (QED) is 0.558. The molecule has 1 aliphatic rings. The van der Waals surface area contributed by atoms with Crippen LogP contribution in [0.4, 0.5) is 10.5 Å². The van der Waals surface area contributed by atoms with E-state index in [2.05, 4.69) is 10.6 Å². The minimum Gasteiger partial charge on any atom is -0.492 e. The Morgan fingerprint density at radius 3 is 2.50 bits per heavy atom. The molecule has 28 heavy (non-hydrogen) atoms. The Labute approximate surface area is 163 Å². The van der Waals surface area contributed by atoms with E-state index in [0.717, 1.165) is 26.2 Å². The molecule has 0 spiro atoms. The van der Waals surface area contributed by atoms with Gasteiger partial charge in [-0.15, -0.1) is 0 Å². The number of urea groups is 1. The van der Waals surface area contributed by atoms with E-state index >= 15 is 0 Å². The lowest BCUT2D eigenvalue weighted by molar-refractivity contribution is -0.155. The number of hydrogen-bond acceptors (Lipinski definition) is 5. The van der Waals surface area contributed by atoms with Crippen molar-refractivity contribution in [3.05, 3.63) is 23.8 Å².